The van der Waals surface area contributed by atoms with Crippen molar-refractivity contribution in [3.05, 3.63) is 48.5 Å². The molecular weight excluding hydrogens is 522 g/mol. The summed E-state index contributed by atoms with van der Waals surface area (Å²) in [5, 5.41) is 2.76. The van der Waals surface area contributed by atoms with Gasteiger partial charge in [0.15, 0.2) is 6.10 Å². The Balaban J connectivity index is 1.46. The number of nitrogens with one attached hydrogen (secondary N) is 1. The second kappa shape index (κ2) is 12.6. The number of amides is 1. The number of hydrogen-bond acceptors (Lipinski definition) is 8. The van der Waals surface area contributed by atoms with Crippen molar-refractivity contribution in [1.82, 2.24) is 9.62 Å². The largest absolute Gasteiger partial charge is 0.492 e. The number of sulfonamides is 2. The minimum atomic E-state index is -3.57. The summed E-state index contributed by atoms with van der Waals surface area (Å²) in [6.07, 6.45) is 0.810. The van der Waals surface area contributed by atoms with E-state index in [-0.39, 0.29) is 24.0 Å². The van der Waals surface area contributed by atoms with Gasteiger partial charge in [0.05, 0.1) is 36.6 Å². The maximum atomic E-state index is 12.7. The quantitative estimate of drug-likeness (QED) is 0.390. The van der Waals surface area contributed by atoms with Crippen molar-refractivity contribution in [3.63, 3.8) is 0 Å². The van der Waals surface area contributed by atoms with Gasteiger partial charge in [0.1, 0.15) is 18.1 Å². The zero-order chi connectivity index (χ0) is 27.1. The van der Waals surface area contributed by atoms with E-state index in [1.807, 2.05) is 6.92 Å². The highest BCUT2D eigenvalue weighted by Crippen LogP contribution is 2.22. The van der Waals surface area contributed by atoms with Gasteiger partial charge in [0, 0.05) is 20.1 Å². The number of nitrogens with zero attached hydrogens (tertiary/aromatic N) is 2. The molecule has 204 valence electrons. The van der Waals surface area contributed by atoms with Crippen molar-refractivity contribution in [2.75, 3.05) is 57.1 Å². The lowest BCUT2D eigenvalue weighted by Gasteiger charge is -2.26. The second-order valence-corrected chi connectivity index (χ2v) is 12.3. The Hall–Kier alpha value is -2.87. The lowest BCUT2D eigenvalue weighted by atomic mass is 10.2. The lowest BCUT2D eigenvalue weighted by Crippen LogP contribution is -2.40. The van der Waals surface area contributed by atoms with E-state index in [2.05, 4.69) is 5.32 Å². The van der Waals surface area contributed by atoms with E-state index in [0.717, 1.165) is 10.6 Å². The summed E-state index contributed by atoms with van der Waals surface area (Å²) in [6, 6.07) is 12.6. The number of carbonyl (C=O) groups excluding carboxylic acids is 1. The molecule has 2 aromatic carbocycles. The zero-order valence-electron chi connectivity index (χ0n) is 21.1. The SMILES string of the molecule is CC[C@H](Oc1ccc(N(C)S(C)(=O)=O)cc1)C(=O)NCCOc1ccc(S(=O)(=O)N2CCOCC2)cc1. The third-order valence-electron chi connectivity index (χ3n) is 5.74. The van der Waals surface area contributed by atoms with Gasteiger partial charge in [-0.05, 0) is 55.0 Å². The molecule has 1 amide bonds. The van der Waals surface area contributed by atoms with Crippen LogP contribution in [0.3, 0.4) is 0 Å². The molecule has 1 fully saturated rings. The summed E-state index contributed by atoms with van der Waals surface area (Å²) in [7, 11) is -5.49. The van der Waals surface area contributed by atoms with Crippen LogP contribution in [0.1, 0.15) is 13.3 Å². The zero-order valence-corrected chi connectivity index (χ0v) is 22.8. The summed E-state index contributed by atoms with van der Waals surface area (Å²) in [4.78, 5) is 12.7. The van der Waals surface area contributed by atoms with E-state index < -0.39 is 26.2 Å². The van der Waals surface area contributed by atoms with Crippen molar-refractivity contribution in [3.8, 4) is 11.5 Å². The molecule has 0 unspecified atom stereocenters. The molecule has 1 aliphatic heterocycles. The molecule has 3 rings (SSSR count). The van der Waals surface area contributed by atoms with E-state index in [9.17, 15) is 21.6 Å². The highest BCUT2D eigenvalue weighted by Gasteiger charge is 2.26. The molecule has 11 nitrogen and oxygen atoms in total. The lowest BCUT2D eigenvalue weighted by molar-refractivity contribution is -0.128. The Morgan fingerprint density at radius 2 is 1.62 bits per heavy atom. The number of anilines is 1. The van der Waals surface area contributed by atoms with E-state index in [0.29, 0.717) is 49.9 Å². The Morgan fingerprint density at radius 1 is 1.03 bits per heavy atom. The molecule has 0 spiro atoms. The first-order valence-corrected chi connectivity index (χ1v) is 15.1. The first-order valence-electron chi connectivity index (χ1n) is 11.8. The molecule has 13 heteroatoms. The molecule has 1 atom stereocenters. The maximum Gasteiger partial charge on any atom is 0.261 e. The van der Waals surface area contributed by atoms with E-state index in [1.165, 1.54) is 23.5 Å². The topological polar surface area (TPSA) is 132 Å². The number of ether oxygens (including phenoxy) is 3. The first kappa shape index (κ1) is 28.7. The molecule has 0 aromatic heterocycles. The molecule has 2 aromatic rings. The third kappa shape index (κ3) is 7.81. The summed E-state index contributed by atoms with van der Waals surface area (Å²) < 4.78 is 67.9. The molecule has 0 radical (unpaired) electrons. The van der Waals surface area contributed by atoms with Gasteiger partial charge in [0.2, 0.25) is 20.0 Å². The predicted molar refractivity (Wildman–Crippen MR) is 139 cm³/mol. The van der Waals surface area contributed by atoms with Gasteiger partial charge in [0.25, 0.3) is 5.91 Å². The minimum absolute atomic E-state index is 0.185. The Bertz CT molecular complexity index is 1240. The smallest absolute Gasteiger partial charge is 0.261 e. The monoisotopic (exact) mass is 555 g/mol. The van der Waals surface area contributed by atoms with Gasteiger partial charge < -0.3 is 19.5 Å². The van der Waals surface area contributed by atoms with Crippen molar-refractivity contribution in [2.24, 2.45) is 0 Å². The molecule has 1 saturated heterocycles. The first-order chi connectivity index (χ1) is 17.5. The van der Waals surface area contributed by atoms with Crippen LogP contribution >= 0.6 is 0 Å². The summed E-state index contributed by atoms with van der Waals surface area (Å²) in [6.45, 7) is 3.65. The minimum Gasteiger partial charge on any atom is -0.492 e. The highest BCUT2D eigenvalue weighted by molar-refractivity contribution is 7.92. The molecular formula is C24H33N3O8S2. The number of morpholine rings is 1. The number of rotatable bonds is 12. The number of carbonyl (C=O) groups is 1. The highest BCUT2D eigenvalue weighted by atomic mass is 32.2. The molecule has 1 heterocycles. The molecule has 0 saturated carbocycles. The van der Waals surface area contributed by atoms with Crippen molar-refractivity contribution < 1.29 is 35.8 Å². The standard InChI is InChI=1S/C24H33N3O8S2/c1-4-23(35-21-7-5-19(6-8-21)26(2)36(3,29)30)24(28)25-13-16-34-20-9-11-22(12-10-20)37(31,32)27-14-17-33-18-15-27/h5-12,23H,4,13-18H2,1-3H3,(H,25,28)/t23-/m0/s1. The Labute approximate surface area is 218 Å². The van der Waals surface area contributed by atoms with Gasteiger partial charge >= 0.3 is 0 Å². The van der Waals surface area contributed by atoms with Gasteiger partial charge in [-0.1, -0.05) is 6.92 Å². The van der Waals surface area contributed by atoms with Crippen molar-refractivity contribution >= 4 is 31.6 Å². The molecule has 0 bridgehead atoms. The third-order valence-corrected chi connectivity index (χ3v) is 8.86. The summed E-state index contributed by atoms with van der Waals surface area (Å²) in [5.41, 5.74) is 0.483. The fraction of sp³-hybridized carbons (Fsp3) is 0.458. The van der Waals surface area contributed by atoms with Crippen LogP contribution in [0.2, 0.25) is 0 Å². The average Bonchev–Trinajstić information content (AvgIpc) is 2.89. The van der Waals surface area contributed by atoms with Gasteiger partial charge in [-0.3, -0.25) is 9.10 Å². The fourth-order valence-corrected chi connectivity index (χ4v) is 5.43. The van der Waals surface area contributed by atoms with Crippen molar-refractivity contribution in [1.29, 1.82) is 0 Å². The van der Waals surface area contributed by atoms with E-state index >= 15 is 0 Å². The van der Waals surface area contributed by atoms with Gasteiger partial charge in [-0.15, -0.1) is 0 Å². The molecule has 1 aliphatic rings. The van der Waals surface area contributed by atoms with Crippen LogP contribution in [0.4, 0.5) is 5.69 Å². The normalized spacial score (nSPS) is 15.5. The molecule has 0 aliphatic carbocycles. The van der Waals surface area contributed by atoms with Crippen molar-refractivity contribution in [2.45, 2.75) is 24.3 Å². The van der Waals surface area contributed by atoms with Crippen LogP contribution in [0.15, 0.2) is 53.4 Å². The Kier molecular flexibility index (Phi) is 9.76. The van der Waals surface area contributed by atoms with E-state index in [4.69, 9.17) is 14.2 Å². The molecule has 1 N–H and O–H groups in total. The van der Waals surface area contributed by atoms with Crippen LogP contribution in [0, 0.1) is 0 Å². The number of benzene rings is 2. The molecule has 37 heavy (non-hydrogen) atoms. The van der Waals surface area contributed by atoms with Crippen LogP contribution in [-0.4, -0.2) is 85.9 Å². The van der Waals surface area contributed by atoms with Crippen LogP contribution in [0.25, 0.3) is 0 Å². The fourth-order valence-electron chi connectivity index (χ4n) is 3.51. The maximum absolute atomic E-state index is 12.7. The van der Waals surface area contributed by atoms with Crippen LogP contribution in [0.5, 0.6) is 11.5 Å². The summed E-state index contributed by atoms with van der Waals surface area (Å²) in [5.74, 6) is 0.615. The predicted octanol–water partition coefficient (Wildman–Crippen LogP) is 1.46. The summed E-state index contributed by atoms with van der Waals surface area (Å²) >= 11 is 0. The van der Waals surface area contributed by atoms with Gasteiger partial charge in [-0.25, -0.2) is 16.8 Å². The van der Waals surface area contributed by atoms with E-state index in [1.54, 1.807) is 36.4 Å². The Morgan fingerprint density at radius 3 is 2.19 bits per heavy atom. The average molecular weight is 556 g/mol. The number of hydrogen-bond donors (Lipinski definition) is 1. The van der Waals surface area contributed by atoms with Crippen LogP contribution in [-0.2, 0) is 29.6 Å². The second-order valence-electron chi connectivity index (χ2n) is 8.37. The van der Waals surface area contributed by atoms with Crippen LogP contribution < -0.4 is 19.1 Å². The van der Waals surface area contributed by atoms with Gasteiger partial charge in [-0.2, -0.15) is 4.31 Å².